The number of nitrogens with zero attached hydrogens (tertiary/aromatic N) is 2. The van der Waals surface area contributed by atoms with Crippen LogP contribution in [0, 0.1) is 0 Å². The fourth-order valence-electron chi connectivity index (χ4n) is 1.48. The van der Waals surface area contributed by atoms with Crippen LogP contribution in [0.4, 0.5) is 0 Å². The van der Waals surface area contributed by atoms with E-state index in [4.69, 9.17) is 9.26 Å². The molecule has 0 radical (unpaired) electrons. The van der Waals surface area contributed by atoms with Crippen LogP contribution in [0.15, 0.2) is 28.8 Å². The van der Waals surface area contributed by atoms with Gasteiger partial charge in [0.1, 0.15) is 11.5 Å². The number of hydrogen-bond donors (Lipinski definition) is 0. The van der Waals surface area contributed by atoms with Gasteiger partial charge in [-0.15, -0.1) is 0 Å². The van der Waals surface area contributed by atoms with Crippen molar-refractivity contribution in [2.75, 3.05) is 12.9 Å². The summed E-state index contributed by atoms with van der Waals surface area (Å²) in [5.41, 5.74) is 0.711. The zero-order valence-corrected chi connectivity index (χ0v) is 11.5. The van der Waals surface area contributed by atoms with Gasteiger partial charge in [0.2, 0.25) is 11.7 Å². The zero-order chi connectivity index (χ0) is 13.9. The van der Waals surface area contributed by atoms with Crippen molar-refractivity contribution >= 4 is 9.84 Å². The third-order valence-corrected chi connectivity index (χ3v) is 4.15. The Bertz CT molecular complexity index is 664. The molecular formula is C12H14N2O4S. The largest absolute Gasteiger partial charge is 0.497 e. The quantitative estimate of drug-likeness (QED) is 0.829. The molecule has 2 rings (SSSR count). The molecule has 0 N–H and O–H groups in total. The van der Waals surface area contributed by atoms with Gasteiger partial charge in [-0.3, -0.25) is 0 Å². The van der Waals surface area contributed by atoms with E-state index in [-0.39, 0.29) is 17.4 Å². The number of benzene rings is 1. The van der Waals surface area contributed by atoms with E-state index in [1.807, 2.05) is 0 Å². The first kappa shape index (κ1) is 13.5. The van der Waals surface area contributed by atoms with Crippen molar-refractivity contribution in [1.82, 2.24) is 10.1 Å². The summed E-state index contributed by atoms with van der Waals surface area (Å²) in [7, 11) is -1.61. The van der Waals surface area contributed by atoms with Crippen LogP contribution in [0.5, 0.6) is 5.75 Å². The lowest BCUT2D eigenvalue weighted by molar-refractivity contribution is 0.389. The van der Waals surface area contributed by atoms with Crippen LogP contribution in [0.2, 0.25) is 0 Å². The molecule has 102 valence electrons. The van der Waals surface area contributed by atoms with Crippen molar-refractivity contribution in [2.45, 2.75) is 12.7 Å². The van der Waals surface area contributed by atoms with E-state index in [0.717, 1.165) is 0 Å². The van der Waals surface area contributed by atoms with E-state index in [0.29, 0.717) is 17.1 Å². The summed E-state index contributed by atoms with van der Waals surface area (Å²) in [4.78, 5) is 4.08. The molecule has 0 bridgehead atoms. The number of hydrogen-bond acceptors (Lipinski definition) is 6. The topological polar surface area (TPSA) is 82.3 Å². The van der Waals surface area contributed by atoms with Gasteiger partial charge in [0, 0.05) is 11.3 Å². The average Bonchev–Trinajstić information content (AvgIpc) is 2.86. The summed E-state index contributed by atoms with van der Waals surface area (Å²) in [6, 6.07) is 7.15. The third-order valence-electron chi connectivity index (χ3n) is 2.58. The Morgan fingerprint density at radius 1 is 1.37 bits per heavy atom. The van der Waals surface area contributed by atoms with Crippen LogP contribution < -0.4 is 4.74 Å². The molecule has 1 heterocycles. The van der Waals surface area contributed by atoms with Crippen molar-refractivity contribution < 1.29 is 17.7 Å². The lowest BCUT2D eigenvalue weighted by Gasteiger charge is -1.99. The van der Waals surface area contributed by atoms with Gasteiger partial charge in [-0.2, -0.15) is 4.98 Å². The minimum absolute atomic E-state index is 0.0455. The summed E-state index contributed by atoms with van der Waals surface area (Å²) >= 11 is 0. The van der Waals surface area contributed by atoms with E-state index < -0.39 is 9.84 Å². The first-order valence-electron chi connectivity index (χ1n) is 5.71. The van der Waals surface area contributed by atoms with E-state index in [1.165, 1.54) is 0 Å². The fraction of sp³-hybridized carbons (Fsp3) is 0.333. The van der Waals surface area contributed by atoms with Crippen LogP contribution in [0.1, 0.15) is 12.8 Å². The highest BCUT2D eigenvalue weighted by Gasteiger charge is 2.16. The highest BCUT2D eigenvalue weighted by Crippen LogP contribution is 2.21. The molecule has 0 saturated carbocycles. The SMILES string of the molecule is CCS(=O)(=O)Cc1nc(-c2cccc(OC)c2)no1. The summed E-state index contributed by atoms with van der Waals surface area (Å²) in [5.74, 6) is 0.926. The first-order chi connectivity index (χ1) is 9.04. The second kappa shape index (κ2) is 5.40. The lowest BCUT2D eigenvalue weighted by Crippen LogP contribution is -2.06. The van der Waals surface area contributed by atoms with Gasteiger partial charge in [-0.25, -0.2) is 8.42 Å². The molecule has 1 aromatic carbocycles. The molecule has 6 nitrogen and oxygen atoms in total. The normalized spacial score (nSPS) is 11.5. The maximum absolute atomic E-state index is 11.5. The molecule has 7 heteroatoms. The van der Waals surface area contributed by atoms with E-state index in [9.17, 15) is 8.42 Å². The van der Waals surface area contributed by atoms with Crippen LogP contribution in [0.25, 0.3) is 11.4 Å². The molecule has 0 unspecified atom stereocenters. The molecule has 0 aliphatic carbocycles. The van der Waals surface area contributed by atoms with Crippen LogP contribution in [-0.4, -0.2) is 31.4 Å². The molecule has 0 aliphatic rings. The minimum Gasteiger partial charge on any atom is -0.497 e. The number of aromatic nitrogens is 2. The molecule has 1 aromatic heterocycles. The van der Waals surface area contributed by atoms with Crippen LogP contribution in [-0.2, 0) is 15.6 Å². The van der Waals surface area contributed by atoms with Crippen LogP contribution in [0.3, 0.4) is 0 Å². The average molecular weight is 282 g/mol. The Balaban J connectivity index is 2.25. The van der Waals surface area contributed by atoms with Gasteiger partial charge in [-0.05, 0) is 12.1 Å². The Morgan fingerprint density at radius 2 is 2.16 bits per heavy atom. The fourth-order valence-corrected chi connectivity index (χ4v) is 2.18. The molecule has 0 spiro atoms. The lowest BCUT2D eigenvalue weighted by atomic mass is 10.2. The highest BCUT2D eigenvalue weighted by atomic mass is 32.2. The maximum atomic E-state index is 11.5. The van der Waals surface area contributed by atoms with Gasteiger partial charge in [0.25, 0.3) is 0 Å². The van der Waals surface area contributed by atoms with Gasteiger partial charge in [0.15, 0.2) is 9.84 Å². The molecule has 2 aromatic rings. The molecule has 0 fully saturated rings. The van der Waals surface area contributed by atoms with Crippen molar-refractivity contribution in [3.8, 4) is 17.1 Å². The van der Waals surface area contributed by atoms with Crippen molar-refractivity contribution in [1.29, 1.82) is 0 Å². The standard InChI is InChI=1S/C12H14N2O4S/c1-3-19(15,16)8-11-13-12(14-18-11)9-5-4-6-10(7-9)17-2/h4-7H,3,8H2,1-2H3. The maximum Gasteiger partial charge on any atom is 0.242 e. The predicted octanol–water partition coefficient (Wildman–Crippen LogP) is 1.68. The Labute approximate surface area is 111 Å². The highest BCUT2D eigenvalue weighted by molar-refractivity contribution is 7.90. The molecule has 0 atom stereocenters. The van der Waals surface area contributed by atoms with E-state index in [1.54, 1.807) is 38.3 Å². The minimum atomic E-state index is -3.18. The number of methoxy groups -OCH3 is 1. The molecule has 0 amide bonds. The number of sulfone groups is 1. The Hall–Kier alpha value is -1.89. The molecular weight excluding hydrogens is 268 g/mol. The zero-order valence-electron chi connectivity index (χ0n) is 10.7. The molecule has 0 saturated heterocycles. The van der Waals surface area contributed by atoms with E-state index in [2.05, 4.69) is 10.1 Å². The van der Waals surface area contributed by atoms with Gasteiger partial charge in [-0.1, -0.05) is 24.2 Å². The van der Waals surface area contributed by atoms with Gasteiger partial charge in [0.05, 0.1) is 7.11 Å². The van der Waals surface area contributed by atoms with Crippen molar-refractivity contribution in [2.24, 2.45) is 0 Å². The second-order valence-electron chi connectivity index (χ2n) is 3.92. The van der Waals surface area contributed by atoms with Gasteiger partial charge < -0.3 is 9.26 Å². The predicted molar refractivity (Wildman–Crippen MR) is 69.5 cm³/mol. The Kier molecular flexibility index (Phi) is 3.84. The third kappa shape index (κ3) is 3.31. The summed E-state index contributed by atoms with van der Waals surface area (Å²) in [6.07, 6.45) is 0. The van der Waals surface area contributed by atoms with Gasteiger partial charge >= 0.3 is 0 Å². The van der Waals surface area contributed by atoms with Crippen molar-refractivity contribution in [3.05, 3.63) is 30.2 Å². The number of rotatable bonds is 5. The summed E-state index contributed by atoms with van der Waals surface area (Å²) in [6.45, 7) is 1.58. The summed E-state index contributed by atoms with van der Waals surface area (Å²) in [5, 5.41) is 3.77. The summed E-state index contributed by atoms with van der Waals surface area (Å²) < 4.78 is 33.0. The van der Waals surface area contributed by atoms with Crippen LogP contribution >= 0.6 is 0 Å². The monoisotopic (exact) mass is 282 g/mol. The van der Waals surface area contributed by atoms with Crippen molar-refractivity contribution in [3.63, 3.8) is 0 Å². The molecule has 19 heavy (non-hydrogen) atoms. The second-order valence-corrected chi connectivity index (χ2v) is 6.27. The Morgan fingerprint density at radius 3 is 2.84 bits per heavy atom. The van der Waals surface area contributed by atoms with E-state index >= 15 is 0 Å². The smallest absolute Gasteiger partial charge is 0.242 e. The first-order valence-corrected chi connectivity index (χ1v) is 7.53. The number of ether oxygens (including phenoxy) is 1. The molecule has 0 aliphatic heterocycles.